The highest BCUT2D eigenvalue weighted by Crippen LogP contribution is 2.20. The summed E-state index contributed by atoms with van der Waals surface area (Å²) in [5, 5.41) is 3.35. The second-order valence-electron chi connectivity index (χ2n) is 4.42. The van der Waals surface area contributed by atoms with Gasteiger partial charge >= 0.3 is 0 Å². The summed E-state index contributed by atoms with van der Waals surface area (Å²) in [5.41, 5.74) is 7.15. The van der Waals surface area contributed by atoms with Gasteiger partial charge in [-0.1, -0.05) is 18.2 Å². The first-order valence-corrected chi connectivity index (χ1v) is 5.86. The van der Waals surface area contributed by atoms with Gasteiger partial charge in [0.2, 0.25) is 5.91 Å². The van der Waals surface area contributed by atoms with Crippen molar-refractivity contribution in [2.75, 3.05) is 13.1 Å². The maximum Gasteiger partial charge on any atom is 0.248 e. The molecule has 0 aliphatic carbocycles. The van der Waals surface area contributed by atoms with E-state index in [0.29, 0.717) is 11.5 Å². The molecule has 0 unspecified atom stereocenters. The van der Waals surface area contributed by atoms with Crippen LogP contribution in [-0.2, 0) is 6.42 Å². The zero-order valence-corrected chi connectivity index (χ0v) is 9.41. The van der Waals surface area contributed by atoms with Crippen LogP contribution in [0.25, 0.3) is 0 Å². The number of nitrogens with one attached hydrogen (secondary N) is 1. The normalized spacial score (nSPS) is 17.2. The molecule has 1 aromatic carbocycles. The minimum absolute atomic E-state index is 0.315. The third-order valence-electron chi connectivity index (χ3n) is 3.25. The number of piperidine rings is 1. The molecule has 0 spiro atoms. The number of rotatable bonds is 3. The Labute approximate surface area is 96.0 Å². The molecule has 0 radical (unpaired) electrons. The molecular weight excluding hydrogens is 200 g/mol. The average Bonchev–Trinajstić information content (AvgIpc) is 2.31. The molecule has 1 aliphatic heterocycles. The van der Waals surface area contributed by atoms with Crippen LogP contribution in [0.1, 0.15) is 28.8 Å². The van der Waals surface area contributed by atoms with Crippen LogP contribution in [0.3, 0.4) is 0 Å². The third kappa shape index (κ3) is 2.61. The predicted octanol–water partition coefficient (Wildman–Crippen LogP) is 1.33. The first-order chi connectivity index (χ1) is 7.77. The van der Waals surface area contributed by atoms with Gasteiger partial charge < -0.3 is 11.1 Å². The number of carbonyl (C=O) groups is 1. The van der Waals surface area contributed by atoms with Crippen molar-refractivity contribution in [1.29, 1.82) is 0 Å². The molecule has 1 aliphatic rings. The standard InChI is InChI=1S/C13H18N2O/c14-13(16)12-4-2-1-3-11(12)9-10-5-7-15-8-6-10/h1-4,10,15H,5-9H2,(H2,14,16). The van der Waals surface area contributed by atoms with E-state index in [9.17, 15) is 4.79 Å². The molecule has 3 N–H and O–H groups in total. The molecule has 1 amide bonds. The number of hydrogen-bond acceptors (Lipinski definition) is 2. The largest absolute Gasteiger partial charge is 0.366 e. The van der Waals surface area contributed by atoms with Crippen molar-refractivity contribution in [3.05, 3.63) is 35.4 Å². The van der Waals surface area contributed by atoms with Crippen molar-refractivity contribution in [3.63, 3.8) is 0 Å². The topological polar surface area (TPSA) is 55.1 Å². The van der Waals surface area contributed by atoms with E-state index in [0.717, 1.165) is 25.1 Å². The lowest BCUT2D eigenvalue weighted by Gasteiger charge is -2.23. The van der Waals surface area contributed by atoms with Crippen molar-refractivity contribution >= 4 is 5.91 Å². The maximum atomic E-state index is 11.3. The molecule has 2 rings (SSSR count). The summed E-state index contributed by atoms with van der Waals surface area (Å²) < 4.78 is 0. The van der Waals surface area contributed by atoms with Gasteiger partial charge in [0.15, 0.2) is 0 Å². The summed E-state index contributed by atoms with van der Waals surface area (Å²) in [5.74, 6) is 0.367. The number of nitrogens with two attached hydrogens (primary N) is 1. The van der Waals surface area contributed by atoms with Crippen LogP contribution >= 0.6 is 0 Å². The van der Waals surface area contributed by atoms with Crippen LogP contribution in [-0.4, -0.2) is 19.0 Å². The molecule has 3 nitrogen and oxygen atoms in total. The Morgan fingerprint density at radius 3 is 2.69 bits per heavy atom. The Balaban J connectivity index is 2.10. The lowest BCUT2D eigenvalue weighted by molar-refractivity contribution is 0.0999. The zero-order valence-electron chi connectivity index (χ0n) is 9.41. The lowest BCUT2D eigenvalue weighted by atomic mass is 9.89. The molecule has 1 heterocycles. The fraction of sp³-hybridized carbons (Fsp3) is 0.462. The molecule has 0 bridgehead atoms. The van der Waals surface area contributed by atoms with E-state index in [4.69, 9.17) is 5.73 Å². The molecule has 1 aromatic rings. The molecule has 16 heavy (non-hydrogen) atoms. The Kier molecular flexibility index (Phi) is 3.57. The summed E-state index contributed by atoms with van der Waals surface area (Å²) in [6, 6.07) is 7.68. The van der Waals surface area contributed by atoms with Crippen LogP contribution in [0.15, 0.2) is 24.3 Å². The molecule has 1 fully saturated rings. The van der Waals surface area contributed by atoms with E-state index in [1.165, 1.54) is 12.8 Å². The number of carbonyl (C=O) groups excluding carboxylic acids is 1. The highest BCUT2D eigenvalue weighted by atomic mass is 16.1. The lowest BCUT2D eigenvalue weighted by Crippen LogP contribution is -2.29. The first-order valence-electron chi connectivity index (χ1n) is 5.86. The highest BCUT2D eigenvalue weighted by molar-refractivity contribution is 5.94. The van der Waals surface area contributed by atoms with E-state index < -0.39 is 0 Å². The number of amides is 1. The Hall–Kier alpha value is -1.35. The molecule has 1 saturated heterocycles. The highest BCUT2D eigenvalue weighted by Gasteiger charge is 2.16. The average molecular weight is 218 g/mol. The van der Waals surface area contributed by atoms with Gasteiger partial charge in [-0.3, -0.25) is 4.79 Å². The van der Waals surface area contributed by atoms with E-state index >= 15 is 0 Å². The summed E-state index contributed by atoms with van der Waals surface area (Å²) in [6.07, 6.45) is 3.35. The van der Waals surface area contributed by atoms with Crippen LogP contribution < -0.4 is 11.1 Å². The van der Waals surface area contributed by atoms with Gasteiger partial charge in [0.1, 0.15) is 0 Å². The summed E-state index contributed by atoms with van der Waals surface area (Å²) in [4.78, 5) is 11.3. The predicted molar refractivity (Wildman–Crippen MR) is 64.3 cm³/mol. The fourth-order valence-electron chi connectivity index (χ4n) is 2.34. The second-order valence-corrected chi connectivity index (χ2v) is 4.42. The van der Waals surface area contributed by atoms with Gasteiger partial charge in [0, 0.05) is 5.56 Å². The van der Waals surface area contributed by atoms with Crippen LogP contribution in [0.2, 0.25) is 0 Å². The smallest absolute Gasteiger partial charge is 0.248 e. The summed E-state index contributed by atoms with van der Waals surface area (Å²) in [6.45, 7) is 2.17. The molecule has 86 valence electrons. The SMILES string of the molecule is NC(=O)c1ccccc1CC1CCNCC1. The molecule has 0 saturated carbocycles. The quantitative estimate of drug-likeness (QED) is 0.804. The Bertz CT molecular complexity index is 370. The van der Waals surface area contributed by atoms with E-state index in [2.05, 4.69) is 5.32 Å². The van der Waals surface area contributed by atoms with Crippen molar-refractivity contribution in [1.82, 2.24) is 5.32 Å². The van der Waals surface area contributed by atoms with Crippen molar-refractivity contribution in [2.45, 2.75) is 19.3 Å². The summed E-state index contributed by atoms with van der Waals surface area (Å²) in [7, 11) is 0. The Morgan fingerprint density at radius 2 is 2.00 bits per heavy atom. The van der Waals surface area contributed by atoms with Crippen molar-refractivity contribution < 1.29 is 4.79 Å². The van der Waals surface area contributed by atoms with E-state index in [1.54, 1.807) is 0 Å². The fourth-order valence-corrected chi connectivity index (χ4v) is 2.34. The van der Waals surface area contributed by atoms with Gasteiger partial charge in [-0.15, -0.1) is 0 Å². The van der Waals surface area contributed by atoms with Gasteiger partial charge in [-0.05, 0) is 49.9 Å². The number of primary amides is 1. The van der Waals surface area contributed by atoms with Crippen LogP contribution in [0, 0.1) is 5.92 Å². The van der Waals surface area contributed by atoms with Crippen molar-refractivity contribution in [2.24, 2.45) is 11.7 Å². The first kappa shape index (κ1) is 11.1. The van der Waals surface area contributed by atoms with Gasteiger partial charge in [0.25, 0.3) is 0 Å². The van der Waals surface area contributed by atoms with Gasteiger partial charge in [-0.2, -0.15) is 0 Å². The monoisotopic (exact) mass is 218 g/mol. The minimum Gasteiger partial charge on any atom is -0.366 e. The number of benzene rings is 1. The Morgan fingerprint density at radius 1 is 1.31 bits per heavy atom. The maximum absolute atomic E-state index is 11.3. The number of hydrogen-bond donors (Lipinski definition) is 2. The minimum atomic E-state index is -0.315. The second kappa shape index (κ2) is 5.12. The van der Waals surface area contributed by atoms with E-state index in [1.807, 2.05) is 24.3 Å². The van der Waals surface area contributed by atoms with Crippen LogP contribution in [0.5, 0.6) is 0 Å². The molecule has 0 atom stereocenters. The van der Waals surface area contributed by atoms with E-state index in [-0.39, 0.29) is 5.91 Å². The van der Waals surface area contributed by atoms with Gasteiger partial charge in [-0.25, -0.2) is 0 Å². The van der Waals surface area contributed by atoms with Crippen LogP contribution in [0.4, 0.5) is 0 Å². The molecule has 0 aromatic heterocycles. The van der Waals surface area contributed by atoms with Gasteiger partial charge in [0.05, 0.1) is 0 Å². The zero-order chi connectivity index (χ0) is 11.4. The summed E-state index contributed by atoms with van der Waals surface area (Å²) >= 11 is 0. The van der Waals surface area contributed by atoms with Crippen molar-refractivity contribution in [3.8, 4) is 0 Å². The molecule has 3 heteroatoms. The third-order valence-corrected chi connectivity index (χ3v) is 3.25. The molecular formula is C13H18N2O.